The van der Waals surface area contributed by atoms with Crippen molar-refractivity contribution in [3.05, 3.63) is 35.6 Å². The van der Waals surface area contributed by atoms with Crippen molar-refractivity contribution in [3.8, 4) is 0 Å². The second-order valence-electron chi connectivity index (χ2n) is 4.56. The third-order valence-electron chi connectivity index (χ3n) is 2.82. The van der Waals surface area contributed by atoms with Gasteiger partial charge in [0.15, 0.2) is 0 Å². The summed E-state index contributed by atoms with van der Waals surface area (Å²) in [5.74, 6) is 0.800. The molecule has 1 rings (SSSR count). The van der Waals surface area contributed by atoms with Gasteiger partial charge in [0.25, 0.3) is 0 Å². The van der Waals surface area contributed by atoms with Gasteiger partial charge in [-0.15, -0.1) is 0 Å². The summed E-state index contributed by atoms with van der Waals surface area (Å²) in [6.07, 6.45) is 3.71. The monoisotopic (exact) mass is 271 g/mol. The first-order valence-corrected chi connectivity index (χ1v) is 7.65. The van der Waals surface area contributed by atoms with Crippen molar-refractivity contribution < 1.29 is 9.50 Å². The molecule has 0 radical (unpaired) electrons. The van der Waals surface area contributed by atoms with Crippen LogP contribution in [0.25, 0.3) is 0 Å². The minimum absolute atomic E-state index is 0.195. The highest BCUT2D eigenvalue weighted by molar-refractivity contribution is 7.98. The van der Waals surface area contributed by atoms with Gasteiger partial charge < -0.3 is 10.4 Å². The number of aliphatic hydroxyl groups is 1. The Bertz CT molecular complexity index is 325. The van der Waals surface area contributed by atoms with E-state index in [-0.39, 0.29) is 12.4 Å². The smallest absolute Gasteiger partial charge is 0.123 e. The molecular weight excluding hydrogens is 249 g/mol. The van der Waals surface area contributed by atoms with Crippen LogP contribution in [-0.2, 0) is 6.42 Å². The molecule has 1 aromatic rings. The molecular formula is C14H22FNOS. The normalized spacial score (nSPS) is 14.4. The number of hydrogen-bond donors (Lipinski definition) is 2. The highest BCUT2D eigenvalue weighted by Gasteiger charge is 2.11. The Kier molecular flexibility index (Phi) is 7.32. The topological polar surface area (TPSA) is 32.3 Å². The Hall–Kier alpha value is -0.580. The fourth-order valence-electron chi connectivity index (χ4n) is 2.01. The second kappa shape index (κ2) is 8.51. The molecule has 0 aliphatic heterocycles. The van der Waals surface area contributed by atoms with Crippen LogP contribution in [0.4, 0.5) is 4.39 Å². The van der Waals surface area contributed by atoms with Gasteiger partial charge in [0.05, 0.1) is 0 Å². The van der Waals surface area contributed by atoms with E-state index in [1.165, 1.54) is 12.1 Å². The summed E-state index contributed by atoms with van der Waals surface area (Å²) >= 11 is 1.78. The molecule has 2 nitrogen and oxygen atoms in total. The van der Waals surface area contributed by atoms with E-state index in [2.05, 4.69) is 18.5 Å². The average Bonchev–Trinajstić information content (AvgIpc) is 2.33. The van der Waals surface area contributed by atoms with Crippen LogP contribution in [0, 0.1) is 5.82 Å². The second-order valence-corrected chi connectivity index (χ2v) is 5.47. The quantitative estimate of drug-likeness (QED) is 0.762. The van der Waals surface area contributed by atoms with E-state index >= 15 is 0 Å². The average molecular weight is 271 g/mol. The summed E-state index contributed by atoms with van der Waals surface area (Å²) in [5, 5.41) is 12.5. The first kappa shape index (κ1) is 15.5. The van der Waals surface area contributed by atoms with Crippen LogP contribution in [0.1, 0.15) is 18.9 Å². The van der Waals surface area contributed by atoms with Crippen molar-refractivity contribution in [1.29, 1.82) is 0 Å². The summed E-state index contributed by atoms with van der Waals surface area (Å²) in [6.45, 7) is 2.33. The van der Waals surface area contributed by atoms with E-state index in [0.717, 1.165) is 24.2 Å². The Morgan fingerprint density at radius 2 is 2.00 bits per heavy atom. The SMILES string of the molecule is CSCC(CCO)NC(C)Cc1ccc(F)cc1. The van der Waals surface area contributed by atoms with Gasteiger partial charge in [0.2, 0.25) is 0 Å². The molecule has 4 heteroatoms. The molecule has 18 heavy (non-hydrogen) atoms. The minimum Gasteiger partial charge on any atom is -0.396 e. The van der Waals surface area contributed by atoms with Gasteiger partial charge in [-0.3, -0.25) is 0 Å². The number of thioether (sulfide) groups is 1. The van der Waals surface area contributed by atoms with Crippen LogP contribution < -0.4 is 5.32 Å². The molecule has 0 saturated heterocycles. The fraction of sp³-hybridized carbons (Fsp3) is 0.571. The number of halogens is 1. The molecule has 2 unspecified atom stereocenters. The van der Waals surface area contributed by atoms with Crippen LogP contribution in [0.2, 0.25) is 0 Å². The molecule has 0 aliphatic carbocycles. The van der Waals surface area contributed by atoms with E-state index in [9.17, 15) is 4.39 Å². The van der Waals surface area contributed by atoms with Crippen molar-refractivity contribution in [2.75, 3.05) is 18.6 Å². The standard InChI is InChI=1S/C14H22FNOS/c1-11(16-14(7-8-17)10-18-2)9-12-3-5-13(15)6-4-12/h3-6,11,14,16-17H,7-10H2,1-2H3. The summed E-state index contributed by atoms with van der Waals surface area (Å²) < 4.78 is 12.8. The molecule has 102 valence electrons. The van der Waals surface area contributed by atoms with E-state index in [4.69, 9.17) is 5.11 Å². The number of benzene rings is 1. The molecule has 0 saturated carbocycles. The maximum atomic E-state index is 12.8. The molecule has 0 aromatic heterocycles. The lowest BCUT2D eigenvalue weighted by Crippen LogP contribution is -2.40. The predicted molar refractivity (Wildman–Crippen MR) is 76.6 cm³/mol. The molecule has 0 fully saturated rings. The first-order chi connectivity index (χ1) is 8.65. The van der Waals surface area contributed by atoms with Gasteiger partial charge in [-0.05, 0) is 43.7 Å². The zero-order valence-corrected chi connectivity index (χ0v) is 11.8. The van der Waals surface area contributed by atoms with Crippen molar-refractivity contribution in [3.63, 3.8) is 0 Å². The number of hydrogen-bond acceptors (Lipinski definition) is 3. The minimum atomic E-state index is -0.195. The Balaban J connectivity index is 2.43. The van der Waals surface area contributed by atoms with E-state index in [1.807, 2.05) is 12.1 Å². The van der Waals surface area contributed by atoms with Crippen LogP contribution in [0.15, 0.2) is 24.3 Å². The Morgan fingerprint density at radius 1 is 1.33 bits per heavy atom. The number of nitrogens with one attached hydrogen (secondary N) is 1. The van der Waals surface area contributed by atoms with E-state index in [1.54, 1.807) is 11.8 Å². The summed E-state index contributed by atoms with van der Waals surface area (Å²) in [6, 6.07) is 7.29. The van der Waals surface area contributed by atoms with Crippen molar-refractivity contribution in [2.45, 2.75) is 31.8 Å². The summed E-state index contributed by atoms with van der Waals surface area (Å²) in [4.78, 5) is 0. The van der Waals surface area contributed by atoms with Gasteiger partial charge in [-0.25, -0.2) is 4.39 Å². The highest BCUT2D eigenvalue weighted by Crippen LogP contribution is 2.08. The van der Waals surface area contributed by atoms with Crippen LogP contribution in [0.3, 0.4) is 0 Å². The summed E-state index contributed by atoms with van der Waals surface area (Å²) in [5.41, 5.74) is 1.13. The van der Waals surface area contributed by atoms with E-state index in [0.29, 0.717) is 12.1 Å². The third-order valence-corrected chi connectivity index (χ3v) is 3.56. The van der Waals surface area contributed by atoms with Crippen LogP contribution in [-0.4, -0.2) is 35.8 Å². The third kappa shape index (κ3) is 5.85. The van der Waals surface area contributed by atoms with Crippen molar-refractivity contribution in [2.24, 2.45) is 0 Å². The maximum Gasteiger partial charge on any atom is 0.123 e. The van der Waals surface area contributed by atoms with Crippen LogP contribution >= 0.6 is 11.8 Å². The van der Waals surface area contributed by atoms with Gasteiger partial charge in [0.1, 0.15) is 5.82 Å². The zero-order chi connectivity index (χ0) is 13.4. The first-order valence-electron chi connectivity index (χ1n) is 6.26. The fourth-order valence-corrected chi connectivity index (χ4v) is 2.67. The van der Waals surface area contributed by atoms with Crippen molar-refractivity contribution in [1.82, 2.24) is 5.32 Å². The van der Waals surface area contributed by atoms with Gasteiger partial charge in [0, 0.05) is 24.4 Å². The lowest BCUT2D eigenvalue weighted by molar-refractivity contribution is 0.265. The van der Waals surface area contributed by atoms with Crippen LogP contribution in [0.5, 0.6) is 0 Å². The van der Waals surface area contributed by atoms with Gasteiger partial charge >= 0.3 is 0 Å². The maximum absolute atomic E-state index is 12.8. The zero-order valence-electron chi connectivity index (χ0n) is 11.0. The highest BCUT2D eigenvalue weighted by atomic mass is 32.2. The number of rotatable bonds is 8. The molecule has 2 N–H and O–H groups in total. The molecule has 2 atom stereocenters. The molecule has 0 bridgehead atoms. The van der Waals surface area contributed by atoms with Gasteiger partial charge in [-0.1, -0.05) is 12.1 Å². The lowest BCUT2D eigenvalue weighted by atomic mass is 10.1. The lowest BCUT2D eigenvalue weighted by Gasteiger charge is -2.22. The molecule has 1 aromatic carbocycles. The number of aliphatic hydroxyl groups excluding tert-OH is 1. The van der Waals surface area contributed by atoms with E-state index < -0.39 is 0 Å². The summed E-state index contributed by atoms with van der Waals surface area (Å²) in [7, 11) is 0. The Morgan fingerprint density at radius 3 is 2.56 bits per heavy atom. The van der Waals surface area contributed by atoms with Crippen molar-refractivity contribution >= 4 is 11.8 Å². The Labute approximate surface area is 113 Å². The van der Waals surface area contributed by atoms with Gasteiger partial charge in [-0.2, -0.15) is 11.8 Å². The molecule has 0 amide bonds. The molecule has 0 heterocycles. The molecule has 0 spiro atoms. The largest absolute Gasteiger partial charge is 0.396 e. The predicted octanol–water partition coefficient (Wildman–Crippen LogP) is 2.46. The molecule has 0 aliphatic rings.